The zero-order valence-electron chi connectivity index (χ0n) is 6.67. The fourth-order valence-corrected chi connectivity index (χ4v) is 0.688. The quantitative estimate of drug-likeness (QED) is 0.338. The summed E-state index contributed by atoms with van der Waals surface area (Å²) in [5.41, 5.74) is 0. The maximum absolute atomic E-state index is 10.4. The molecule has 0 rings (SSSR count). The van der Waals surface area contributed by atoms with Crippen LogP contribution in [0.1, 0.15) is 0 Å². The third kappa shape index (κ3) is 7.60. The Hall–Kier alpha value is -0.760. The summed E-state index contributed by atoms with van der Waals surface area (Å²) < 4.78 is 28.1. The minimum atomic E-state index is -2.67. The summed E-state index contributed by atoms with van der Waals surface area (Å²) in [6, 6.07) is 0. The van der Waals surface area contributed by atoms with Gasteiger partial charge >= 0.3 is 5.97 Å². The van der Waals surface area contributed by atoms with E-state index in [1.807, 2.05) is 0 Å². The fourth-order valence-electron chi connectivity index (χ4n) is 0.419. The molecule has 7 heteroatoms. The topological polar surface area (TPSA) is 95.9 Å². The molecule has 0 saturated carbocycles. The van der Waals surface area contributed by atoms with Crippen LogP contribution in [0.5, 0.6) is 0 Å². The molecule has 2 unspecified atom stereocenters. The number of rotatable bonds is 6. The number of esters is 1. The van der Waals surface area contributed by atoms with Crippen LogP contribution in [0.15, 0.2) is 12.7 Å². The van der Waals surface area contributed by atoms with Crippen LogP contribution in [0, 0.1) is 0 Å². The van der Waals surface area contributed by atoms with Crippen LogP contribution in [-0.4, -0.2) is 39.2 Å². The van der Waals surface area contributed by atoms with Gasteiger partial charge in [0.05, 0.1) is 18.0 Å². The zero-order valence-corrected chi connectivity index (χ0v) is 7.49. The number of hydrogen-bond acceptors (Lipinski definition) is 6. The zero-order chi connectivity index (χ0) is 10.3. The van der Waals surface area contributed by atoms with E-state index in [-0.39, 0.29) is 6.61 Å². The molecule has 0 aliphatic heterocycles. The molecule has 0 fully saturated rings. The smallest absolute Gasteiger partial charge is 0.330 e. The van der Waals surface area contributed by atoms with Gasteiger partial charge in [-0.2, -0.15) is 0 Å². The van der Waals surface area contributed by atoms with Gasteiger partial charge in [0, 0.05) is 6.08 Å². The van der Waals surface area contributed by atoms with Crippen LogP contribution < -0.4 is 0 Å². The molecule has 0 saturated heterocycles. The van der Waals surface area contributed by atoms with Crippen LogP contribution in [0.4, 0.5) is 0 Å². The SMILES string of the molecule is C=CC(=O)OCC(O)COS(=O)[O-]. The summed E-state index contributed by atoms with van der Waals surface area (Å²) >= 11 is -2.67. The summed E-state index contributed by atoms with van der Waals surface area (Å²) in [6.07, 6.45) is -0.235. The predicted octanol–water partition coefficient (Wildman–Crippen LogP) is -1.11. The lowest BCUT2D eigenvalue weighted by atomic mass is 10.4. The highest BCUT2D eigenvalue weighted by Crippen LogP contribution is 1.90. The van der Waals surface area contributed by atoms with Gasteiger partial charge in [0.1, 0.15) is 12.7 Å². The van der Waals surface area contributed by atoms with Crippen molar-refractivity contribution in [2.45, 2.75) is 6.10 Å². The molecule has 1 N–H and O–H groups in total. The largest absolute Gasteiger partial charge is 0.750 e. The van der Waals surface area contributed by atoms with Gasteiger partial charge in [0.2, 0.25) is 0 Å². The van der Waals surface area contributed by atoms with Crippen molar-refractivity contribution in [2.24, 2.45) is 0 Å². The normalized spacial score (nSPS) is 14.6. The molecule has 0 heterocycles. The number of carbonyl (C=O) groups excluding carboxylic acids is 1. The molecule has 0 radical (unpaired) electrons. The Morgan fingerprint density at radius 2 is 2.31 bits per heavy atom. The van der Waals surface area contributed by atoms with E-state index in [4.69, 9.17) is 5.11 Å². The van der Waals surface area contributed by atoms with E-state index < -0.39 is 30.0 Å². The molecule has 0 amide bonds. The van der Waals surface area contributed by atoms with Gasteiger partial charge in [-0.1, -0.05) is 6.58 Å². The average Bonchev–Trinajstić information content (AvgIpc) is 2.10. The Morgan fingerprint density at radius 3 is 2.77 bits per heavy atom. The molecular weight excluding hydrogens is 200 g/mol. The van der Waals surface area contributed by atoms with Crippen LogP contribution in [0.3, 0.4) is 0 Å². The highest BCUT2D eigenvalue weighted by molar-refractivity contribution is 7.74. The summed E-state index contributed by atoms with van der Waals surface area (Å²) in [4.78, 5) is 10.4. The molecule has 76 valence electrons. The van der Waals surface area contributed by atoms with Crippen molar-refractivity contribution < 1.29 is 27.6 Å². The Morgan fingerprint density at radius 1 is 1.69 bits per heavy atom. The Balaban J connectivity index is 3.50. The molecule has 0 aromatic carbocycles. The van der Waals surface area contributed by atoms with Gasteiger partial charge in [0.15, 0.2) is 0 Å². The lowest BCUT2D eigenvalue weighted by Crippen LogP contribution is -2.23. The maximum atomic E-state index is 10.4. The molecule has 0 aliphatic carbocycles. The highest BCUT2D eigenvalue weighted by Gasteiger charge is 2.06. The van der Waals surface area contributed by atoms with Gasteiger partial charge in [0.25, 0.3) is 0 Å². The van der Waals surface area contributed by atoms with E-state index in [1.165, 1.54) is 0 Å². The van der Waals surface area contributed by atoms with Gasteiger partial charge in [-0.25, -0.2) is 9.00 Å². The third-order valence-electron chi connectivity index (χ3n) is 0.941. The van der Waals surface area contributed by atoms with Gasteiger partial charge < -0.3 is 14.4 Å². The third-order valence-corrected chi connectivity index (χ3v) is 1.27. The van der Waals surface area contributed by atoms with Gasteiger partial charge in [-0.05, 0) is 0 Å². The van der Waals surface area contributed by atoms with E-state index in [1.54, 1.807) is 0 Å². The van der Waals surface area contributed by atoms with Crippen molar-refractivity contribution >= 4 is 17.3 Å². The van der Waals surface area contributed by atoms with E-state index >= 15 is 0 Å². The second-order valence-electron chi connectivity index (χ2n) is 1.98. The lowest BCUT2D eigenvalue weighted by molar-refractivity contribution is -0.141. The van der Waals surface area contributed by atoms with Gasteiger partial charge in [-0.3, -0.25) is 4.18 Å². The predicted molar refractivity (Wildman–Crippen MR) is 42.0 cm³/mol. The van der Waals surface area contributed by atoms with Gasteiger partial charge in [-0.15, -0.1) is 0 Å². The maximum Gasteiger partial charge on any atom is 0.330 e. The molecular formula is C6H9O6S-. The molecule has 0 bridgehead atoms. The Labute approximate surface area is 77.6 Å². The van der Waals surface area contributed by atoms with E-state index in [2.05, 4.69) is 15.5 Å². The first-order chi connectivity index (χ1) is 6.06. The summed E-state index contributed by atoms with van der Waals surface area (Å²) in [7, 11) is 0. The van der Waals surface area contributed by atoms with Crippen molar-refractivity contribution in [3.8, 4) is 0 Å². The molecule has 6 nitrogen and oxygen atoms in total. The van der Waals surface area contributed by atoms with Crippen molar-refractivity contribution in [1.82, 2.24) is 0 Å². The highest BCUT2D eigenvalue weighted by atomic mass is 32.2. The molecule has 0 aromatic heterocycles. The minimum Gasteiger partial charge on any atom is -0.750 e. The summed E-state index contributed by atoms with van der Waals surface area (Å²) in [5, 5.41) is 8.93. The molecule has 0 spiro atoms. The minimum absolute atomic E-state index is 0.331. The number of aliphatic hydroxyl groups excluding tert-OH is 1. The monoisotopic (exact) mass is 209 g/mol. The van der Waals surface area contributed by atoms with E-state index in [0.29, 0.717) is 0 Å². The Kier molecular flexibility index (Phi) is 6.33. The molecule has 0 aliphatic rings. The van der Waals surface area contributed by atoms with Crippen LogP contribution in [0.25, 0.3) is 0 Å². The lowest BCUT2D eigenvalue weighted by Gasteiger charge is -2.11. The number of ether oxygens (including phenoxy) is 1. The van der Waals surface area contributed by atoms with Crippen LogP contribution in [0.2, 0.25) is 0 Å². The van der Waals surface area contributed by atoms with E-state index in [0.717, 1.165) is 6.08 Å². The molecule has 2 atom stereocenters. The molecule has 0 aromatic rings. The van der Waals surface area contributed by atoms with Crippen molar-refractivity contribution in [3.63, 3.8) is 0 Å². The van der Waals surface area contributed by atoms with Crippen molar-refractivity contribution in [3.05, 3.63) is 12.7 Å². The second-order valence-corrected chi connectivity index (χ2v) is 2.62. The summed E-state index contributed by atoms with van der Waals surface area (Å²) in [5.74, 6) is -0.692. The number of aliphatic hydroxyl groups is 1. The van der Waals surface area contributed by atoms with E-state index in [9.17, 15) is 13.6 Å². The Bertz CT molecular complexity index is 203. The molecule has 13 heavy (non-hydrogen) atoms. The standard InChI is InChI=1S/C6H10O6S/c1-2-6(8)11-3-5(7)4-12-13(9)10/h2,5,7H,1,3-4H2,(H,9,10)/p-1. The average molecular weight is 209 g/mol. The van der Waals surface area contributed by atoms with Crippen LogP contribution in [-0.2, 0) is 25.1 Å². The number of carbonyl (C=O) groups is 1. The summed E-state index contributed by atoms with van der Waals surface area (Å²) in [6.45, 7) is 2.35. The first kappa shape index (κ1) is 12.2. The first-order valence-corrected chi connectivity index (χ1v) is 4.26. The van der Waals surface area contributed by atoms with Crippen LogP contribution >= 0.6 is 0 Å². The van der Waals surface area contributed by atoms with Crippen molar-refractivity contribution in [1.29, 1.82) is 0 Å². The van der Waals surface area contributed by atoms with Crippen molar-refractivity contribution in [2.75, 3.05) is 13.2 Å². The second kappa shape index (κ2) is 6.72. The number of hydrogen-bond donors (Lipinski definition) is 1. The first-order valence-electron chi connectivity index (χ1n) is 3.26. The fraction of sp³-hybridized carbons (Fsp3) is 0.500.